The number of hydrogen-bond acceptors (Lipinski definition) is 9. The molecule has 3 N–H and O–H groups in total. The number of ether oxygens (including phenoxy) is 4. The first kappa shape index (κ1) is 34.6. The minimum atomic E-state index is 0.437. The van der Waals surface area contributed by atoms with E-state index in [2.05, 4.69) is 49.0 Å². The molecule has 0 saturated heterocycles. The molecule has 49 heavy (non-hydrogen) atoms. The van der Waals surface area contributed by atoms with Crippen molar-refractivity contribution in [2.75, 3.05) is 26.4 Å². The van der Waals surface area contributed by atoms with E-state index in [4.69, 9.17) is 42.8 Å². The zero-order valence-corrected chi connectivity index (χ0v) is 30.3. The quantitative estimate of drug-likeness (QED) is 0.0807. The Balaban J connectivity index is 0.000000140. The molecule has 0 unspecified atom stereocenters. The Morgan fingerprint density at radius 3 is 2.00 bits per heavy atom. The summed E-state index contributed by atoms with van der Waals surface area (Å²) >= 11 is 12.3. The normalized spacial score (nSPS) is 12.7. The maximum Gasteiger partial charge on any atom is 0.175 e. The molecule has 256 valence electrons. The number of H-pyrrole nitrogens is 3. The van der Waals surface area contributed by atoms with Crippen LogP contribution in [0, 0.1) is 18.6 Å². The Bertz CT molecular complexity index is 2040. The number of benzene rings is 2. The van der Waals surface area contributed by atoms with Crippen molar-refractivity contribution in [1.82, 2.24) is 29.9 Å². The molecule has 0 saturated carbocycles. The molecule has 6 aromatic rings. The van der Waals surface area contributed by atoms with E-state index < -0.39 is 0 Å². The molecule has 0 spiro atoms. The van der Waals surface area contributed by atoms with Crippen LogP contribution >= 0.6 is 35.6 Å². The number of aromatic amines is 3. The van der Waals surface area contributed by atoms with Crippen molar-refractivity contribution >= 4 is 57.6 Å². The molecule has 0 aliphatic carbocycles. The fourth-order valence-corrected chi connectivity index (χ4v) is 6.99. The van der Waals surface area contributed by atoms with Crippen molar-refractivity contribution in [2.24, 2.45) is 0 Å². The van der Waals surface area contributed by atoms with Gasteiger partial charge in [0.2, 0.25) is 0 Å². The first-order valence-electron chi connectivity index (χ1n) is 16.2. The summed E-state index contributed by atoms with van der Waals surface area (Å²) < 4.78 is 22.7. The second-order valence-electron chi connectivity index (χ2n) is 11.4. The van der Waals surface area contributed by atoms with Crippen LogP contribution in [0.5, 0.6) is 23.0 Å². The Labute approximate surface area is 299 Å². The van der Waals surface area contributed by atoms with E-state index in [-0.39, 0.29) is 0 Å². The smallest absolute Gasteiger partial charge is 0.175 e. The van der Waals surface area contributed by atoms with E-state index in [0.29, 0.717) is 23.9 Å². The van der Waals surface area contributed by atoms with Crippen molar-refractivity contribution in [2.45, 2.75) is 57.3 Å². The van der Waals surface area contributed by atoms with Gasteiger partial charge in [-0.15, -0.1) is 11.6 Å². The van der Waals surface area contributed by atoms with E-state index in [1.54, 1.807) is 24.2 Å². The molecule has 2 aromatic carbocycles. The summed E-state index contributed by atoms with van der Waals surface area (Å²) in [6.07, 6.45) is 5.49. The summed E-state index contributed by atoms with van der Waals surface area (Å²) in [5.74, 6) is 4.92. The summed E-state index contributed by atoms with van der Waals surface area (Å²) in [5.41, 5.74) is 10.7. The fraction of sp³-hybridized carbons (Fsp3) is 0.333. The highest BCUT2D eigenvalue weighted by molar-refractivity contribution is 7.98. The SMILES string of the molecule is CCOc1ccnc(CCl)c1C.CCOc1ccnc(CSc2nc3cc4c(cc3[nH]2)CCO4)c1C.S=c1[nH]c2cc3c(cc2[nH]1)OCC3. The summed E-state index contributed by atoms with van der Waals surface area (Å²) in [6.45, 7) is 10.9. The standard InChI is InChI=1S/C18H19N3O2S.C9H12ClNO.C9H8N2OS/c1-3-22-16-4-6-19-15(11(16)2)10-24-18-20-13-8-12-5-7-23-17(12)9-14(13)21-18;1-3-12-9-4-5-11-8(6-10)7(9)2;13-9-10-6-3-5-1-2-12-8(5)4-7(6)11-9/h4,6,8-9H,3,5,7,10H2,1-2H3,(H,20,21);4-5H,3,6H2,1-2H3;3-4H,1-2H2,(H2,10,11,13). The molecule has 13 heteroatoms. The molecule has 2 aliphatic heterocycles. The van der Waals surface area contributed by atoms with Crippen molar-refractivity contribution in [3.8, 4) is 23.0 Å². The molecule has 0 fully saturated rings. The zero-order valence-electron chi connectivity index (χ0n) is 27.9. The number of fused-ring (bicyclic) bond motifs is 4. The maximum absolute atomic E-state index is 5.69. The van der Waals surface area contributed by atoms with E-state index >= 15 is 0 Å². The zero-order chi connectivity index (χ0) is 34.3. The topological polar surface area (TPSA) is 123 Å². The van der Waals surface area contributed by atoms with Gasteiger partial charge in [0.1, 0.15) is 23.0 Å². The van der Waals surface area contributed by atoms with Crippen molar-refractivity contribution < 1.29 is 18.9 Å². The van der Waals surface area contributed by atoms with Gasteiger partial charge in [0, 0.05) is 54.2 Å². The van der Waals surface area contributed by atoms with Crippen LogP contribution in [-0.4, -0.2) is 56.3 Å². The number of hydrogen-bond donors (Lipinski definition) is 3. The maximum atomic E-state index is 5.69. The third kappa shape index (κ3) is 8.14. The van der Waals surface area contributed by atoms with Crippen LogP contribution in [0.15, 0.2) is 53.9 Å². The molecule has 2 aliphatic rings. The molecule has 0 bridgehead atoms. The van der Waals surface area contributed by atoms with Crippen LogP contribution in [0.4, 0.5) is 0 Å². The largest absolute Gasteiger partial charge is 0.493 e. The molecule has 10 nitrogen and oxygen atoms in total. The van der Waals surface area contributed by atoms with Crippen LogP contribution in [0.1, 0.15) is 47.5 Å². The summed E-state index contributed by atoms with van der Waals surface area (Å²) in [4.78, 5) is 22.8. The Hall–Kier alpha value is -4.26. The van der Waals surface area contributed by atoms with Gasteiger partial charge in [-0.05, 0) is 75.3 Å². The van der Waals surface area contributed by atoms with Gasteiger partial charge in [-0.25, -0.2) is 4.98 Å². The van der Waals surface area contributed by atoms with Gasteiger partial charge >= 0.3 is 0 Å². The summed E-state index contributed by atoms with van der Waals surface area (Å²) in [5, 5.41) is 0.900. The van der Waals surface area contributed by atoms with Crippen LogP contribution in [0.25, 0.3) is 22.1 Å². The average molecular weight is 719 g/mol. The molecule has 4 aromatic heterocycles. The molecular weight excluding hydrogens is 680 g/mol. The Morgan fingerprint density at radius 1 is 0.796 bits per heavy atom. The highest BCUT2D eigenvalue weighted by Crippen LogP contribution is 2.32. The van der Waals surface area contributed by atoms with Gasteiger partial charge < -0.3 is 33.9 Å². The van der Waals surface area contributed by atoms with Crippen LogP contribution in [0.2, 0.25) is 0 Å². The van der Waals surface area contributed by atoms with Gasteiger partial charge in [0.05, 0.1) is 65.8 Å². The van der Waals surface area contributed by atoms with E-state index in [1.807, 2.05) is 45.0 Å². The molecule has 0 amide bonds. The van der Waals surface area contributed by atoms with Gasteiger partial charge in [-0.1, -0.05) is 11.8 Å². The van der Waals surface area contributed by atoms with Gasteiger partial charge in [-0.2, -0.15) is 0 Å². The second kappa shape index (κ2) is 16.0. The molecule has 0 radical (unpaired) electrons. The molecule has 0 atom stereocenters. The molecular formula is C36H39ClN6O4S2. The molecule has 8 rings (SSSR count). The lowest BCUT2D eigenvalue weighted by molar-refractivity contribution is 0.337. The summed E-state index contributed by atoms with van der Waals surface area (Å²) in [6, 6.07) is 12.0. The number of nitrogens with one attached hydrogen (secondary N) is 3. The number of alkyl halides is 1. The fourth-order valence-electron chi connectivity index (χ4n) is 5.59. The predicted octanol–water partition coefficient (Wildman–Crippen LogP) is 8.58. The lowest BCUT2D eigenvalue weighted by atomic mass is 10.1. The van der Waals surface area contributed by atoms with Gasteiger partial charge in [-0.3, -0.25) is 9.97 Å². The van der Waals surface area contributed by atoms with E-state index in [0.717, 1.165) is 105 Å². The van der Waals surface area contributed by atoms with Crippen LogP contribution in [0.3, 0.4) is 0 Å². The molecule has 6 heterocycles. The van der Waals surface area contributed by atoms with Gasteiger partial charge in [0.25, 0.3) is 0 Å². The number of aromatic nitrogens is 6. The monoisotopic (exact) mass is 718 g/mol. The second-order valence-corrected chi connectivity index (χ2v) is 13.0. The first-order chi connectivity index (χ1) is 23.9. The minimum Gasteiger partial charge on any atom is -0.493 e. The third-order valence-electron chi connectivity index (χ3n) is 8.19. The Kier molecular flexibility index (Phi) is 11.3. The van der Waals surface area contributed by atoms with Crippen molar-refractivity contribution in [1.29, 1.82) is 0 Å². The minimum absolute atomic E-state index is 0.437. The average Bonchev–Trinajstić information content (AvgIpc) is 3.90. The number of rotatable bonds is 8. The number of pyridine rings is 2. The van der Waals surface area contributed by atoms with Crippen LogP contribution in [-0.2, 0) is 24.5 Å². The van der Waals surface area contributed by atoms with E-state index in [9.17, 15) is 0 Å². The Morgan fingerprint density at radius 2 is 1.37 bits per heavy atom. The van der Waals surface area contributed by atoms with Crippen molar-refractivity contribution in [3.05, 3.63) is 87.2 Å². The number of nitrogens with zero attached hydrogens (tertiary/aromatic N) is 3. The number of imidazole rings is 2. The predicted molar refractivity (Wildman–Crippen MR) is 197 cm³/mol. The lowest BCUT2D eigenvalue weighted by Crippen LogP contribution is -1.99. The highest BCUT2D eigenvalue weighted by Gasteiger charge is 2.16. The van der Waals surface area contributed by atoms with Crippen LogP contribution < -0.4 is 18.9 Å². The van der Waals surface area contributed by atoms with E-state index in [1.165, 1.54) is 11.1 Å². The lowest BCUT2D eigenvalue weighted by Gasteiger charge is -2.09. The van der Waals surface area contributed by atoms with Gasteiger partial charge in [0.15, 0.2) is 9.93 Å². The summed E-state index contributed by atoms with van der Waals surface area (Å²) in [7, 11) is 0. The number of halogens is 1. The first-order valence-corrected chi connectivity index (χ1v) is 18.2. The van der Waals surface area contributed by atoms with Crippen molar-refractivity contribution in [3.63, 3.8) is 0 Å². The third-order valence-corrected chi connectivity index (χ3v) is 9.53. The highest BCUT2D eigenvalue weighted by atomic mass is 35.5. The number of thioether (sulfide) groups is 1.